The van der Waals surface area contributed by atoms with E-state index in [0.29, 0.717) is 6.04 Å². The van der Waals surface area contributed by atoms with Gasteiger partial charge in [-0.3, -0.25) is 5.01 Å². The maximum Gasteiger partial charge on any atom is 0.0436 e. The predicted molar refractivity (Wildman–Crippen MR) is 70.3 cm³/mol. The number of nitrogens with one attached hydrogen (secondary N) is 1. The van der Waals surface area contributed by atoms with Crippen LogP contribution in [0.3, 0.4) is 0 Å². The van der Waals surface area contributed by atoms with Crippen LogP contribution in [0.2, 0.25) is 0 Å². The summed E-state index contributed by atoms with van der Waals surface area (Å²) in [5.74, 6) is 0. The van der Waals surface area contributed by atoms with E-state index in [1.54, 1.807) is 0 Å². The number of nitrogens with zero attached hydrogens (tertiary/aromatic N) is 1. The number of hydrogen-bond acceptors (Lipinski definition) is 2. The molecule has 0 aliphatic heterocycles. The van der Waals surface area contributed by atoms with Crippen LogP contribution in [0.15, 0.2) is 24.3 Å². The van der Waals surface area contributed by atoms with E-state index in [0.717, 1.165) is 0 Å². The summed E-state index contributed by atoms with van der Waals surface area (Å²) in [4.78, 5) is 0. The summed E-state index contributed by atoms with van der Waals surface area (Å²) in [6, 6.07) is 9.32. The predicted octanol–water partition coefficient (Wildman–Crippen LogP) is 3.16. The average Bonchev–Trinajstić information content (AvgIpc) is 2.26. The summed E-state index contributed by atoms with van der Waals surface area (Å²) >= 11 is 0. The van der Waals surface area contributed by atoms with E-state index in [-0.39, 0.29) is 0 Å². The van der Waals surface area contributed by atoms with Crippen molar-refractivity contribution in [2.45, 2.75) is 39.2 Å². The molecule has 0 radical (unpaired) electrons. The van der Waals surface area contributed by atoms with Crippen LogP contribution in [0, 0.1) is 0 Å². The fraction of sp³-hybridized carbons (Fsp3) is 0.571. The minimum Gasteiger partial charge on any atom is -0.250 e. The molecule has 0 aromatic heterocycles. The summed E-state index contributed by atoms with van der Waals surface area (Å²) in [6.07, 6.45) is 3.75. The third kappa shape index (κ3) is 4.33. The lowest BCUT2D eigenvalue weighted by molar-refractivity contribution is 0.252. The molecular formula is C14H24N2. The summed E-state index contributed by atoms with van der Waals surface area (Å²) in [5, 5.41) is 2.00. The Morgan fingerprint density at radius 3 is 2.31 bits per heavy atom. The number of hydrazine groups is 1. The van der Waals surface area contributed by atoms with Crippen molar-refractivity contribution in [2.24, 2.45) is 0 Å². The van der Waals surface area contributed by atoms with Crippen molar-refractivity contribution in [2.75, 3.05) is 14.1 Å². The minimum atomic E-state index is 0.371. The standard InChI is InChI=1S/C14H24N2/c1-5-6-7-13-8-10-14(11-9-13)12(2)15-16(3)4/h8-12,15H,5-7H2,1-4H3. The fourth-order valence-electron chi connectivity index (χ4n) is 1.82. The molecule has 0 aliphatic carbocycles. The van der Waals surface area contributed by atoms with Gasteiger partial charge in [0.25, 0.3) is 0 Å². The van der Waals surface area contributed by atoms with Crippen molar-refractivity contribution in [3.63, 3.8) is 0 Å². The molecule has 1 aromatic rings. The van der Waals surface area contributed by atoms with Crippen molar-refractivity contribution >= 4 is 0 Å². The molecule has 0 heterocycles. The second-order valence-corrected chi connectivity index (χ2v) is 4.59. The van der Waals surface area contributed by atoms with Crippen LogP contribution in [0.5, 0.6) is 0 Å². The third-order valence-electron chi connectivity index (χ3n) is 2.75. The highest BCUT2D eigenvalue weighted by Crippen LogP contribution is 2.14. The highest BCUT2D eigenvalue weighted by molar-refractivity contribution is 5.24. The SMILES string of the molecule is CCCCc1ccc(C(C)NN(C)C)cc1. The molecule has 0 spiro atoms. The molecule has 0 amide bonds. The Morgan fingerprint density at radius 1 is 1.19 bits per heavy atom. The summed E-state index contributed by atoms with van der Waals surface area (Å²) < 4.78 is 0. The molecule has 2 nitrogen and oxygen atoms in total. The minimum absolute atomic E-state index is 0.371. The lowest BCUT2D eigenvalue weighted by Gasteiger charge is -2.19. The van der Waals surface area contributed by atoms with Crippen LogP contribution in [0.1, 0.15) is 43.9 Å². The largest absolute Gasteiger partial charge is 0.250 e. The van der Waals surface area contributed by atoms with Gasteiger partial charge in [-0.25, -0.2) is 5.43 Å². The molecule has 2 heteroatoms. The van der Waals surface area contributed by atoms with E-state index in [9.17, 15) is 0 Å². The van der Waals surface area contributed by atoms with E-state index in [1.165, 1.54) is 30.4 Å². The first-order valence-electron chi connectivity index (χ1n) is 6.15. The molecule has 16 heavy (non-hydrogen) atoms. The van der Waals surface area contributed by atoms with E-state index in [4.69, 9.17) is 0 Å². The zero-order chi connectivity index (χ0) is 12.0. The van der Waals surface area contributed by atoms with Gasteiger partial charge < -0.3 is 0 Å². The third-order valence-corrected chi connectivity index (χ3v) is 2.75. The Labute approximate surface area is 99.6 Å². The lowest BCUT2D eigenvalue weighted by atomic mass is 10.0. The van der Waals surface area contributed by atoms with Gasteiger partial charge in [-0.15, -0.1) is 0 Å². The number of rotatable bonds is 6. The molecule has 90 valence electrons. The topological polar surface area (TPSA) is 15.3 Å². The Kier molecular flexibility index (Phi) is 5.50. The number of hydrogen-bond donors (Lipinski definition) is 1. The first kappa shape index (κ1) is 13.2. The molecule has 0 aliphatic rings. The molecule has 0 saturated carbocycles. The highest BCUT2D eigenvalue weighted by Gasteiger charge is 2.04. The van der Waals surface area contributed by atoms with Crippen LogP contribution in [0.4, 0.5) is 0 Å². The number of benzene rings is 1. The van der Waals surface area contributed by atoms with Gasteiger partial charge in [-0.2, -0.15) is 0 Å². The van der Waals surface area contributed by atoms with Crippen LogP contribution in [-0.2, 0) is 6.42 Å². The maximum absolute atomic E-state index is 3.35. The van der Waals surface area contributed by atoms with Crippen molar-refractivity contribution in [1.82, 2.24) is 10.4 Å². The van der Waals surface area contributed by atoms with Gasteiger partial charge >= 0.3 is 0 Å². The van der Waals surface area contributed by atoms with Gasteiger partial charge in [0.15, 0.2) is 0 Å². The van der Waals surface area contributed by atoms with E-state index < -0.39 is 0 Å². The zero-order valence-corrected chi connectivity index (χ0v) is 11.0. The Morgan fingerprint density at radius 2 is 1.81 bits per heavy atom. The second-order valence-electron chi connectivity index (χ2n) is 4.59. The summed E-state index contributed by atoms with van der Waals surface area (Å²) in [7, 11) is 4.04. The van der Waals surface area contributed by atoms with Crippen LogP contribution in [-0.4, -0.2) is 19.1 Å². The van der Waals surface area contributed by atoms with Crippen molar-refractivity contribution in [1.29, 1.82) is 0 Å². The molecular weight excluding hydrogens is 196 g/mol. The number of aryl methyl sites for hydroxylation is 1. The normalized spacial score (nSPS) is 13.1. The van der Waals surface area contributed by atoms with Crippen molar-refractivity contribution in [3.8, 4) is 0 Å². The zero-order valence-electron chi connectivity index (χ0n) is 11.0. The highest BCUT2D eigenvalue weighted by atomic mass is 15.5. The lowest BCUT2D eigenvalue weighted by Crippen LogP contribution is -2.32. The van der Waals surface area contributed by atoms with Crippen LogP contribution in [0.25, 0.3) is 0 Å². The molecule has 0 saturated heterocycles. The first-order chi connectivity index (χ1) is 7.63. The Bertz CT molecular complexity index is 290. The van der Waals surface area contributed by atoms with Crippen LogP contribution >= 0.6 is 0 Å². The van der Waals surface area contributed by atoms with Gasteiger partial charge in [-0.05, 0) is 30.9 Å². The Balaban J connectivity index is 2.56. The van der Waals surface area contributed by atoms with Gasteiger partial charge in [0.1, 0.15) is 0 Å². The second kappa shape index (κ2) is 6.66. The van der Waals surface area contributed by atoms with Crippen LogP contribution < -0.4 is 5.43 Å². The fourth-order valence-corrected chi connectivity index (χ4v) is 1.82. The van der Waals surface area contributed by atoms with E-state index in [1.807, 2.05) is 19.1 Å². The van der Waals surface area contributed by atoms with E-state index in [2.05, 4.69) is 43.5 Å². The molecule has 1 unspecified atom stereocenters. The van der Waals surface area contributed by atoms with Gasteiger partial charge in [-0.1, -0.05) is 37.6 Å². The monoisotopic (exact) mass is 220 g/mol. The van der Waals surface area contributed by atoms with Crippen molar-refractivity contribution in [3.05, 3.63) is 35.4 Å². The van der Waals surface area contributed by atoms with Gasteiger partial charge in [0.05, 0.1) is 0 Å². The van der Waals surface area contributed by atoms with Gasteiger partial charge in [0, 0.05) is 20.1 Å². The quantitative estimate of drug-likeness (QED) is 0.741. The Hall–Kier alpha value is -0.860. The number of unbranched alkanes of at least 4 members (excludes halogenated alkanes) is 1. The van der Waals surface area contributed by atoms with Crippen molar-refractivity contribution < 1.29 is 0 Å². The van der Waals surface area contributed by atoms with E-state index >= 15 is 0 Å². The maximum atomic E-state index is 3.35. The van der Waals surface area contributed by atoms with Gasteiger partial charge in [0.2, 0.25) is 0 Å². The molecule has 1 N–H and O–H groups in total. The molecule has 1 atom stereocenters. The smallest absolute Gasteiger partial charge is 0.0436 e. The molecule has 1 rings (SSSR count). The first-order valence-corrected chi connectivity index (χ1v) is 6.15. The average molecular weight is 220 g/mol. The summed E-state index contributed by atoms with van der Waals surface area (Å²) in [5.41, 5.74) is 6.14. The summed E-state index contributed by atoms with van der Waals surface area (Å²) in [6.45, 7) is 4.42. The molecule has 0 fully saturated rings. The molecule has 1 aromatic carbocycles. The molecule has 0 bridgehead atoms.